The van der Waals surface area contributed by atoms with Gasteiger partial charge in [0.1, 0.15) is 5.69 Å². The van der Waals surface area contributed by atoms with E-state index in [2.05, 4.69) is 25.6 Å². The zero-order valence-electron chi connectivity index (χ0n) is 15.5. The Kier molecular flexibility index (Phi) is 5.91. The molecular formula is C20H19N5O3. The van der Waals surface area contributed by atoms with Crippen molar-refractivity contribution in [2.45, 2.75) is 13.5 Å². The minimum atomic E-state index is -0.476. The fraction of sp³-hybridized carbons (Fsp3) is 0.150. The number of ether oxygens (including phenoxy) is 1. The Hall–Kier alpha value is -3.81. The summed E-state index contributed by atoms with van der Waals surface area (Å²) in [6.07, 6.45) is 3.44. The average molecular weight is 377 g/mol. The summed E-state index contributed by atoms with van der Waals surface area (Å²) in [6, 6.07) is 11.9. The maximum Gasteiger partial charge on any atom is 0.337 e. The number of amides is 1. The number of carbonyl (C=O) groups is 2. The normalized spacial score (nSPS) is 10.2. The van der Waals surface area contributed by atoms with Gasteiger partial charge in [0, 0.05) is 30.3 Å². The third-order valence-corrected chi connectivity index (χ3v) is 3.80. The van der Waals surface area contributed by atoms with Gasteiger partial charge in [0.05, 0.1) is 12.7 Å². The van der Waals surface area contributed by atoms with Crippen LogP contribution >= 0.6 is 0 Å². The van der Waals surface area contributed by atoms with Crippen LogP contribution < -0.4 is 10.6 Å². The molecule has 0 unspecified atom stereocenters. The van der Waals surface area contributed by atoms with Crippen LogP contribution in [0, 0.1) is 6.92 Å². The fourth-order valence-electron chi connectivity index (χ4n) is 2.48. The van der Waals surface area contributed by atoms with Crippen LogP contribution in [0.4, 0.5) is 11.6 Å². The van der Waals surface area contributed by atoms with Gasteiger partial charge in [-0.25, -0.2) is 14.8 Å². The molecule has 3 aromatic rings. The van der Waals surface area contributed by atoms with Crippen LogP contribution in [-0.2, 0) is 11.3 Å². The van der Waals surface area contributed by atoms with Crippen LogP contribution in [-0.4, -0.2) is 33.9 Å². The Morgan fingerprint density at radius 2 is 1.96 bits per heavy atom. The van der Waals surface area contributed by atoms with Crippen LogP contribution in [0.1, 0.15) is 32.1 Å². The second-order valence-electron chi connectivity index (χ2n) is 5.96. The van der Waals surface area contributed by atoms with E-state index in [1.54, 1.807) is 49.6 Å². The highest BCUT2D eigenvalue weighted by Crippen LogP contribution is 2.14. The van der Waals surface area contributed by atoms with Gasteiger partial charge in [0.25, 0.3) is 5.91 Å². The molecule has 0 atom stereocenters. The molecule has 3 rings (SSSR count). The number of methoxy groups -OCH3 is 1. The highest BCUT2D eigenvalue weighted by atomic mass is 16.5. The zero-order chi connectivity index (χ0) is 19.9. The van der Waals surface area contributed by atoms with Crippen molar-refractivity contribution < 1.29 is 14.3 Å². The predicted octanol–water partition coefficient (Wildman–Crippen LogP) is 2.83. The first-order valence-electron chi connectivity index (χ1n) is 8.53. The van der Waals surface area contributed by atoms with Gasteiger partial charge in [-0.05, 0) is 42.8 Å². The first-order chi connectivity index (χ1) is 13.5. The van der Waals surface area contributed by atoms with Gasteiger partial charge in [-0.3, -0.25) is 9.78 Å². The number of nitrogens with one attached hydrogen (secondary N) is 2. The number of pyridine rings is 1. The van der Waals surface area contributed by atoms with Crippen LogP contribution in [0.5, 0.6) is 0 Å². The largest absolute Gasteiger partial charge is 0.465 e. The first kappa shape index (κ1) is 19.0. The summed E-state index contributed by atoms with van der Waals surface area (Å²) in [5.41, 5.74) is 2.65. The Bertz CT molecular complexity index is 992. The number of rotatable bonds is 6. The van der Waals surface area contributed by atoms with Gasteiger partial charge in [-0.1, -0.05) is 12.1 Å². The molecule has 2 heterocycles. The monoisotopic (exact) mass is 377 g/mol. The second kappa shape index (κ2) is 8.72. The van der Waals surface area contributed by atoms with Crippen molar-refractivity contribution in [1.82, 2.24) is 15.0 Å². The zero-order valence-corrected chi connectivity index (χ0v) is 15.5. The van der Waals surface area contributed by atoms with Crippen molar-refractivity contribution in [3.05, 3.63) is 77.4 Å². The molecule has 0 spiro atoms. The third-order valence-electron chi connectivity index (χ3n) is 3.80. The number of aryl methyl sites for hydroxylation is 1. The van der Waals surface area contributed by atoms with Crippen molar-refractivity contribution in [2.75, 3.05) is 17.7 Å². The van der Waals surface area contributed by atoms with Crippen molar-refractivity contribution in [1.29, 1.82) is 0 Å². The maximum absolute atomic E-state index is 12.6. The van der Waals surface area contributed by atoms with E-state index in [1.165, 1.54) is 7.11 Å². The topological polar surface area (TPSA) is 106 Å². The molecule has 8 nitrogen and oxygen atoms in total. The summed E-state index contributed by atoms with van der Waals surface area (Å²) < 4.78 is 4.69. The van der Waals surface area contributed by atoms with Crippen LogP contribution in [0.2, 0.25) is 0 Å². The van der Waals surface area contributed by atoms with Crippen LogP contribution in [0.3, 0.4) is 0 Å². The molecule has 1 amide bonds. The third kappa shape index (κ3) is 4.88. The van der Waals surface area contributed by atoms with E-state index >= 15 is 0 Å². The quantitative estimate of drug-likeness (QED) is 0.636. The van der Waals surface area contributed by atoms with Crippen molar-refractivity contribution in [3.63, 3.8) is 0 Å². The summed E-state index contributed by atoms with van der Waals surface area (Å²) in [4.78, 5) is 36.8. The van der Waals surface area contributed by atoms with Crippen molar-refractivity contribution in [3.8, 4) is 0 Å². The van der Waals surface area contributed by atoms with Gasteiger partial charge < -0.3 is 15.4 Å². The first-order valence-corrected chi connectivity index (χ1v) is 8.53. The summed E-state index contributed by atoms with van der Waals surface area (Å²) in [7, 11) is 1.30. The van der Waals surface area contributed by atoms with Gasteiger partial charge in [-0.2, -0.15) is 0 Å². The summed E-state index contributed by atoms with van der Waals surface area (Å²) in [5, 5.41) is 5.82. The molecule has 0 bridgehead atoms. The smallest absolute Gasteiger partial charge is 0.337 e. The highest BCUT2D eigenvalue weighted by Gasteiger charge is 2.13. The highest BCUT2D eigenvalue weighted by molar-refractivity contribution is 6.03. The van der Waals surface area contributed by atoms with E-state index in [-0.39, 0.29) is 5.69 Å². The number of carbonyl (C=O) groups excluding carboxylic acids is 2. The molecular weight excluding hydrogens is 358 g/mol. The number of benzene rings is 1. The standard InChI is InChI=1S/C20H19N5O3/c1-13-9-17(25-20(23-13)22-12-14-5-4-8-21-11-14)18(26)24-16-7-3-6-15(10-16)19(27)28-2/h3-11H,12H2,1-2H3,(H,24,26)(H,22,23,25). The lowest BCUT2D eigenvalue weighted by atomic mass is 10.2. The van der Waals surface area contributed by atoms with E-state index in [4.69, 9.17) is 4.74 Å². The molecule has 0 saturated carbocycles. The van der Waals surface area contributed by atoms with Gasteiger partial charge in [0.2, 0.25) is 5.95 Å². The molecule has 2 N–H and O–H groups in total. The van der Waals surface area contributed by atoms with Crippen LogP contribution in [0.25, 0.3) is 0 Å². The lowest BCUT2D eigenvalue weighted by molar-refractivity contribution is 0.0600. The lowest BCUT2D eigenvalue weighted by Crippen LogP contribution is -2.16. The summed E-state index contributed by atoms with van der Waals surface area (Å²) in [5.74, 6) is -0.537. The minimum absolute atomic E-state index is 0.213. The minimum Gasteiger partial charge on any atom is -0.465 e. The Balaban J connectivity index is 1.73. The van der Waals surface area contributed by atoms with E-state index < -0.39 is 11.9 Å². The second-order valence-corrected chi connectivity index (χ2v) is 5.96. The molecule has 0 aliphatic heterocycles. The fourth-order valence-corrected chi connectivity index (χ4v) is 2.48. The van der Waals surface area contributed by atoms with Crippen molar-refractivity contribution >= 4 is 23.5 Å². The molecule has 0 radical (unpaired) electrons. The maximum atomic E-state index is 12.6. The Labute approximate surface area is 162 Å². The molecule has 8 heteroatoms. The van der Waals surface area contributed by atoms with Crippen LogP contribution in [0.15, 0.2) is 54.9 Å². The van der Waals surface area contributed by atoms with E-state index in [0.717, 1.165) is 5.56 Å². The summed E-state index contributed by atoms with van der Waals surface area (Å²) >= 11 is 0. The molecule has 1 aromatic carbocycles. The molecule has 2 aromatic heterocycles. The molecule has 0 aliphatic carbocycles. The van der Waals surface area contributed by atoms with E-state index in [1.807, 2.05) is 12.1 Å². The molecule has 0 saturated heterocycles. The Morgan fingerprint density at radius 3 is 2.71 bits per heavy atom. The van der Waals surface area contributed by atoms with E-state index in [0.29, 0.717) is 29.4 Å². The molecule has 28 heavy (non-hydrogen) atoms. The SMILES string of the molecule is COC(=O)c1cccc(NC(=O)c2cc(C)nc(NCc3cccnc3)n2)c1. The van der Waals surface area contributed by atoms with Crippen molar-refractivity contribution in [2.24, 2.45) is 0 Å². The summed E-state index contributed by atoms with van der Waals surface area (Å²) in [6.45, 7) is 2.27. The number of anilines is 2. The molecule has 0 fully saturated rings. The lowest BCUT2D eigenvalue weighted by Gasteiger charge is -2.09. The number of hydrogen-bond donors (Lipinski definition) is 2. The number of nitrogens with zero attached hydrogens (tertiary/aromatic N) is 3. The molecule has 142 valence electrons. The van der Waals surface area contributed by atoms with Gasteiger partial charge >= 0.3 is 5.97 Å². The number of hydrogen-bond acceptors (Lipinski definition) is 7. The Morgan fingerprint density at radius 1 is 1.11 bits per heavy atom. The average Bonchev–Trinajstić information content (AvgIpc) is 2.72. The predicted molar refractivity (Wildman–Crippen MR) is 104 cm³/mol. The molecule has 0 aliphatic rings. The van der Waals surface area contributed by atoms with Gasteiger partial charge in [-0.15, -0.1) is 0 Å². The van der Waals surface area contributed by atoms with E-state index in [9.17, 15) is 9.59 Å². The van der Waals surface area contributed by atoms with Gasteiger partial charge in [0.15, 0.2) is 0 Å². The number of aromatic nitrogens is 3. The number of esters is 1.